The summed E-state index contributed by atoms with van der Waals surface area (Å²) >= 11 is 19.5. The molecule has 3 rings (SSSR count). The van der Waals surface area contributed by atoms with E-state index in [4.69, 9.17) is 40.2 Å². The molecule has 0 aliphatic heterocycles. The lowest BCUT2D eigenvalue weighted by molar-refractivity contribution is 0.318. The second-order valence-electron chi connectivity index (χ2n) is 5.42. The average Bonchev–Trinajstić information content (AvgIpc) is 3.23. The number of aromatic amines is 1. The summed E-state index contributed by atoms with van der Waals surface area (Å²) < 4.78 is 7.59. The highest BCUT2D eigenvalue weighted by Crippen LogP contribution is 2.34. The van der Waals surface area contributed by atoms with Crippen LogP contribution in [0.2, 0.25) is 10.0 Å². The van der Waals surface area contributed by atoms with E-state index >= 15 is 0 Å². The smallest absolute Gasteiger partial charge is 0.216 e. The van der Waals surface area contributed by atoms with Crippen LogP contribution < -0.4 is 4.74 Å². The lowest BCUT2D eigenvalue weighted by atomic mass is 10.2. The summed E-state index contributed by atoms with van der Waals surface area (Å²) in [4.78, 5) is 1.18. The molecular weight excluding hydrogens is 411 g/mol. The molecule has 0 atom stereocenters. The van der Waals surface area contributed by atoms with Crippen molar-refractivity contribution in [2.45, 2.75) is 19.8 Å². The first kappa shape index (κ1) is 19.1. The predicted molar refractivity (Wildman–Crippen MR) is 110 cm³/mol. The van der Waals surface area contributed by atoms with Crippen molar-refractivity contribution in [1.29, 1.82) is 0 Å². The van der Waals surface area contributed by atoms with Gasteiger partial charge in [-0.3, -0.25) is 5.10 Å². The fraction of sp³-hybridized carbons (Fsp3) is 0.235. The standard InChI is InChI=1S/C17H16Cl2N4OS2/c1-2-5-24-16-13(18)7-11(8-14(16)19)10-20-23-15(21-22-17(23)25)9-12-4-3-6-26-12/h3-4,6-8,10H,2,5,9H2,1H3,(H,22,25)/b20-10-. The van der Waals surface area contributed by atoms with Crippen LogP contribution in [-0.2, 0) is 6.42 Å². The molecule has 136 valence electrons. The monoisotopic (exact) mass is 426 g/mol. The van der Waals surface area contributed by atoms with E-state index < -0.39 is 0 Å². The van der Waals surface area contributed by atoms with Crippen molar-refractivity contribution >= 4 is 53.0 Å². The van der Waals surface area contributed by atoms with Crippen LogP contribution in [0.1, 0.15) is 29.6 Å². The average molecular weight is 427 g/mol. The third-order valence-electron chi connectivity index (χ3n) is 3.42. The first-order chi connectivity index (χ1) is 12.6. The number of aromatic nitrogens is 3. The zero-order valence-electron chi connectivity index (χ0n) is 13.9. The SMILES string of the molecule is CCCOc1c(Cl)cc(/C=N\n2c(Cc3cccs3)n[nH]c2=S)cc1Cl. The van der Waals surface area contributed by atoms with E-state index in [0.29, 0.717) is 33.6 Å². The van der Waals surface area contributed by atoms with Crippen LogP contribution in [0.3, 0.4) is 0 Å². The van der Waals surface area contributed by atoms with Gasteiger partial charge in [-0.25, -0.2) is 0 Å². The number of rotatable bonds is 7. The number of halogens is 2. The molecule has 26 heavy (non-hydrogen) atoms. The van der Waals surface area contributed by atoms with Gasteiger partial charge in [-0.15, -0.1) is 11.3 Å². The van der Waals surface area contributed by atoms with Crippen LogP contribution in [-0.4, -0.2) is 27.7 Å². The minimum absolute atomic E-state index is 0.424. The van der Waals surface area contributed by atoms with Gasteiger partial charge in [0.15, 0.2) is 11.6 Å². The minimum Gasteiger partial charge on any atom is -0.490 e. The first-order valence-electron chi connectivity index (χ1n) is 7.93. The quantitative estimate of drug-likeness (QED) is 0.396. The number of H-pyrrole nitrogens is 1. The molecule has 1 N–H and O–H groups in total. The highest BCUT2D eigenvalue weighted by Gasteiger charge is 2.10. The number of nitrogens with one attached hydrogen (secondary N) is 1. The van der Waals surface area contributed by atoms with E-state index in [9.17, 15) is 0 Å². The van der Waals surface area contributed by atoms with Crippen molar-refractivity contribution in [2.24, 2.45) is 5.10 Å². The molecule has 0 radical (unpaired) electrons. The maximum absolute atomic E-state index is 6.27. The molecule has 2 heterocycles. The number of thiophene rings is 1. The lowest BCUT2D eigenvalue weighted by Crippen LogP contribution is -2.00. The van der Waals surface area contributed by atoms with Gasteiger partial charge >= 0.3 is 0 Å². The van der Waals surface area contributed by atoms with Crippen LogP contribution in [0, 0.1) is 4.77 Å². The Morgan fingerprint density at radius 1 is 1.38 bits per heavy atom. The lowest BCUT2D eigenvalue weighted by Gasteiger charge is -2.09. The van der Waals surface area contributed by atoms with Gasteiger partial charge < -0.3 is 4.74 Å². The van der Waals surface area contributed by atoms with Crippen molar-refractivity contribution in [2.75, 3.05) is 6.61 Å². The van der Waals surface area contributed by atoms with Crippen LogP contribution in [0.15, 0.2) is 34.7 Å². The van der Waals surface area contributed by atoms with Gasteiger partial charge in [-0.05, 0) is 47.8 Å². The van der Waals surface area contributed by atoms with Gasteiger partial charge in [0.1, 0.15) is 0 Å². The first-order valence-corrected chi connectivity index (χ1v) is 9.97. The fourth-order valence-electron chi connectivity index (χ4n) is 2.25. The molecular formula is C17H16Cl2N4OS2. The molecule has 0 amide bonds. The van der Waals surface area contributed by atoms with Crippen molar-refractivity contribution in [1.82, 2.24) is 14.9 Å². The Bertz CT molecular complexity index is 941. The van der Waals surface area contributed by atoms with E-state index in [0.717, 1.165) is 17.8 Å². The number of nitrogens with zero attached hydrogens (tertiary/aromatic N) is 3. The van der Waals surface area contributed by atoms with Crippen molar-refractivity contribution in [3.8, 4) is 5.75 Å². The molecule has 0 unspecified atom stereocenters. The molecule has 2 aromatic heterocycles. The summed E-state index contributed by atoms with van der Waals surface area (Å²) in [5.74, 6) is 1.22. The molecule has 0 aliphatic rings. The number of benzene rings is 1. The summed E-state index contributed by atoms with van der Waals surface area (Å²) in [5, 5.41) is 14.4. The summed E-state index contributed by atoms with van der Waals surface area (Å²) in [5.41, 5.74) is 0.744. The second kappa shape index (κ2) is 8.81. The van der Waals surface area contributed by atoms with Gasteiger partial charge in [0.25, 0.3) is 0 Å². The Morgan fingerprint density at radius 3 is 2.81 bits per heavy atom. The van der Waals surface area contributed by atoms with Gasteiger partial charge in [0, 0.05) is 11.3 Å². The summed E-state index contributed by atoms with van der Waals surface area (Å²) in [6.07, 6.45) is 3.17. The van der Waals surface area contributed by atoms with Gasteiger partial charge in [0.2, 0.25) is 4.77 Å². The highest BCUT2D eigenvalue weighted by atomic mass is 35.5. The van der Waals surface area contributed by atoms with Crippen LogP contribution in [0.4, 0.5) is 0 Å². The third-order valence-corrected chi connectivity index (χ3v) is 5.13. The summed E-state index contributed by atoms with van der Waals surface area (Å²) in [6.45, 7) is 2.58. The van der Waals surface area contributed by atoms with Crippen molar-refractivity contribution < 1.29 is 4.74 Å². The Hall–Kier alpha value is -1.67. The fourth-order valence-corrected chi connectivity index (χ4v) is 3.76. The molecule has 0 spiro atoms. The number of ether oxygens (including phenoxy) is 1. The maximum atomic E-state index is 6.27. The number of hydrogen-bond acceptors (Lipinski definition) is 5. The Balaban J connectivity index is 1.84. The molecule has 9 heteroatoms. The van der Waals surface area contributed by atoms with Gasteiger partial charge in [0.05, 0.1) is 22.9 Å². The maximum Gasteiger partial charge on any atom is 0.216 e. The number of hydrogen-bond donors (Lipinski definition) is 1. The van der Waals surface area contributed by atoms with Crippen molar-refractivity contribution in [3.05, 3.63) is 60.7 Å². The molecule has 0 aliphatic carbocycles. The van der Waals surface area contributed by atoms with E-state index in [2.05, 4.69) is 15.3 Å². The normalized spacial score (nSPS) is 11.3. The molecule has 1 aromatic carbocycles. The van der Waals surface area contributed by atoms with Crippen LogP contribution >= 0.6 is 46.8 Å². The molecule has 3 aromatic rings. The molecule has 0 saturated heterocycles. The summed E-state index contributed by atoms with van der Waals surface area (Å²) in [6, 6.07) is 7.56. The third kappa shape index (κ3) is 4.54. The zero-order valence-corrected chi connectivity index (χ0v) is 17.1. The zero-order chi connectivity index (χ0) is 18.5. The highest BCUT2D eigenvalue weighted by molar-refractivity contribution is 7.71. The van der Waals surface area contributed by atoms with Crippen LogP contribution in [0.5, 0.6) is 5.75 Å². The van der Waals surface area contributed by atoms with Crippen molar-refractivity contribution in [3.63, 3.8) is 0 Å². The Morgan fingerprint density at radius 2 is 2.15 bits per heavy atom. The largest absolute Gasteiger partial charge is 0.490 e. The van der Waals surface area contributed by atoms with Gasteiger partial charge in [-0.1, -0.05) is 36.2 Å². The van der Waals surface area contributed by atoms with E-state index in [1.54, 1.807) is 34.4 Å². The minimum atomic E-state index is 0.424. The molecule has 0 bridgehead atoms. The molecule has 0 fully saturated rings. The molecule has 0 saturated carbocycles. The Kier molecular flexibility index (Phi) is 6.48. The Labute approximate surface area is 170 Å². The summed E-state index contributed by atoms with van der Waals surface area (Å²) in [7, 11) is 0. The van der Waals surface area contributed by atoms with E-state index in [1.165, 1.54) is 4.88 Å². The van der Waals surface area contributed by atoms with Gasteiger partial charge in [-0.2, -0.15) is 14.9 Å². The van der Waals surface area contributed by atoms with Crippen LogP contribution in [0.25, 0.3) is 0 Å². The molecule has 5 nitrogen and oxygen atoms in total. The van der Waals surface area contributed by atoms with E-state index in [1.807, 2.05) is 24.4 Å². The van der Waals surface area contributed by atoms with E-state index in [-0.39, 0.29) is 0 Å². The topological polar surface area (TPSA) is 55.2 Å². The second-order valence-corrected chi connectivity index (χ2v) is 7.65. The predicted octanol–water partition coefficient (Wildman–Crippen LogP) is 5.57.